The quantitative estimate of drug-likeness (QED) is 0.483. The number of hydrogen-bond acceptors (Lipinski definition) is 6. The smallest absolute Gasteiger partial charge is 0.295 e. The number of nitro benzene ring substituents is 1. The number of nitrogens with zero attached hydrogens (tertiary/aromatic N) is 1. The lowest BCUT2D eigenvalue weighted by atomic mass is 9.98. The van der Waals surface area contributed by atoms with Gasteiger partial charge in [0.05, 0.1) is 22.8 Å². The van der Waals surface area contributed by atoms with Gasteiger partial charge in [0.1, 0.15) is 16.3 Å². The minimum absolute atomic E-state index is 0.0475. The van der Waals surface area contributed by atoms with Crippen LogP contribution < -0.4 is 10.5 Å². The fraction of sp³-hybridized carbons (Fsp3) is 0.600. The van der Waals surface area contributed by atoms with Crippen LogP contribution in [0.1, 0.15) is 45.4 Å². The second-order valence-corrected chi connectivity index (χ2v) is 7.89. The Labute approximate surface area is 135 Å². The Morgan fingerprint density at radius 3 is 2.52 bits per heavy atom. The van der Waals surface area contributed by atoms with Gasteiger partial charge in [-0.25, -0.2) is 8.42 Å². The summed E-state index contributed by atoms with van der Waals surface area (Å²) in [4.78, 5) is 10.4. The van der Waals surface area contributed by atoms with Crippen LogP contribution in [0.5, 0.6) is 5.75 Å². The number of nitrogen functional groups attached to an aromatic ring is 1. The van der Waals surface area contributed by atoms with Gasteiger partial charge < -0.3 is 10.5 Å². The van der Waals surface area contributed by atoms with Gasteiger partial charge in [0.25, 0.3) is 5.69 Å². The molecular formula is C15H22N2O5S. The number of nitro groups is 1. The van der Waals surface area contributed by atoms with Crippen molar-refractivity contribution in [2.75, 3.05) is 11.5 Å². The third-order valence-electron chi connectivity index (χ3n) is 3.94. The molecule has 0 amide bonds. The molecule has 0 radical (unpaired) electrons. The molecule has 128 valence electrons. The molecule has 0 bridgehead atoms. The van der Waals surface area contributed by atoms with E-state index >= 15 is 0 Å². The highest BCUT2D eigenvalue weighted by Gasteiger charge is 2.27. The fourth-order valence-electron chi connectivity index (χ4n) is 2.80. The van der Waals surface area contributed by atoms with Crippen LogP contribution in [0.2, 0.25) is 0 Å². The molecule has 0 spiro atoms. The van der Waals surface area contributed by atoms with Crippen LogP contribution in [0.4, 0.5) is 11.4 Å². The van der Waals surface area contributed by atoms with E-state index < -0.39 is 14.8 Å². The minimum atomic E-state index is -3.58. The lowest BCUT2D eigenvalue weighted by molar-refractivity contribution is -0.384. The number of sulfone groups is 1. The maximum atomic E-state index is 12.4. The van der Waals surface area contributed by atoms with E-state index in [0.717, 1.165) is 44.2 Å². The zero-order chi connectivity index (χ0) is 17.0. The molecule has 0 saturated heterocycles. The first kappa shape index (κ1) is 17.5. The van der Waals surface area contributed by atoms with Crippen LogP contribution in [-0.4, -0.2) is 25.2 Å². The van der Waals surface area contributed by atoms with Crippen LogP contribution in [0.3, 0.4) is 0 Å². The standard InChI is InChI=1S/C15H22N2O5S/c1-2-8-23(20,21)15-9-12(16)13(17(18)19)10-14(15)22-11-6-4-3-5-7-11/h9-11H,2-8,16H2,1H3. The topological polar surface area (TPSA) is 113 Å². The van der Waals surface area contributed by atoms with Crippen LogP contribution >= 0.6 is 0 Å². The van der Waals surface area contributed by atoms with Gasteiger partial charge in [-0.2, -0.15) is 0 Å². The van der Waals surface area contributed by atoms with Gasteiger partial charge in [-0.1, -0.05) is 13.3 Å². The molecule has 7 nitrogen and oxygen atoms in total. The van der Waals surface area contributed by atoms with Crippen molar-refractivity contribution in [2.45, 2.75) is 56.4 Å². The molecule has 0 aromatic heterocycles. The highest BCUT2D eigenvalue weighted by Crippen LogP contribution is 2.36. The van der Waals surface area contributed by atoms with Gasteiger partial charge in [0.2, 0.25) is 0 Å². The Morgan fingerprint density at radius 2 is 1.96 bits per heavy atom. The van der Waals surface area contributed by atoms with E-state index in [-0.39, 0.29) is 33.9 Å². The zero-order valence-corrected chi connectivity index (χ0v) is 14.0. The monoisotopic (exact) mass is 342 g/mol. The van der Waals surface area contributed by atoms with E-state index in [0.29, 0.717) is 6.42 Å². The SMILES string of the molecule is CCCS(=O)(=O)c1cc(N)c([N+](=O)[O-])cc1OC1CCCCC1. The molecule has 1 aliphatic rings. The van der Waals surface area contributed by atoms with Gasteiger partial charge in [-0.15, -0.1) is 0 Å². The van der Waals surface area contributed by atoms with Crippen molar-refractivity contribution in [3.8, 4) is 5.75 Å². The minimum Gasteiger partial charge on any atom is -0.489 e. The van der Waals surface area contributed by atoms with Crippen LogP contribution in [0.15, 0.2) is 17.0 Å². The third-order valence-corrected chi connectivity index (χ3v) is 5.88. The first-order valence-corrected chi connectivity index (χ1v) is 9.47. The molecule has 1 saturated carbocycles. The second kappa shape index (κ2) is 7.16. The average molecular weight is 342 g/mol. The highest BCUT2D eigenvalue weighted by molar-refractivity contribution is 7.91. The maximum absolute atomic E-state index is 12.4. The van der Waals surface area contributed by atoms with Crippen molar-refractivity contribution in [1.29, 1.82) is 0 Å². The molecule has 1 aliphatic carbocycles. The lowest BCUT2D eigenvalue weighted by Crippen LogP contribution is -2.21. The van der Waals surface area contributed by atoms with Gasteiger partial charge in [0, 0.05) is 0 Å². The summed E-state index contributed by atoms with van der Waals surface area (Å²) in [6.07, 6.45) is 5.14. The van der Waals surface area contributed by atoms with E-state index in [4.69, 9.17) is 10.5 Å². The molecule has 1 fully saturated rings. The van der Waals surface area contributed by atoms with E-state index in [2.05, 4.69) is 0 Å². The average Bonchev–Trinajstić information content (AvgIpc) is 2.49. The molecule has 0 unspecified atom stereocenters. The van der Waals surface area contributed by atoms with Gasteiger partial charge in [-0.3, -0.25) is 10.1 Å². The van der Waals surface area contributed by atoms with Crippen molar-refractivity contribution in [1.82, 2.24) is 0 Å². The first-order chi connectivity index (χ1) is 10.8. The summed E-state index contributed by atoms with van der Waals surface area (Å²) in [5, 5.41) is 11.1. The Bertz CT molecular complexity index is 681. The largest absolute Gasteiger partial charge is 0.489 e. The molecule has 2 N–H and O–H groups in total. The molecule has 0 heterocycles. The fourth-order valence-corrected chi connectivity index (χ4v) is 4.28. The first-order valence-electron chi connectivity index (χ1n) is 7.82. The van der Waals surface area contributed by atoms with E-state index in [1.54, 1.807) is 6.92 Å². The summed E-state index contributed by atoms with van der Waals surface area (Å²) in [5.74, 6) is -0.00287. The Morgan fingerprint density at radius 1 is 1.30 bits per heavy atom. The molecule has 8 heteroatoms. The number of hydrogen-bond donors (Lipinski definition) is 1. The summed E-state index contributed by atoms with van der Waals surface area (Å²) in [5.41, 5.74) is 5.16. The van der Waals surface area contributed by atoms with E-state index in [1.165, 1.54) is 0 Å². The number of benzene rings is 1. The summed E-state index contributed by atoms with van der Waals surface area (Å²) in [7, 11) is -3.58. The third kappa shape index (κ3) is 4.13. The zero-order valence-electron chi connectivity index (χ0n) is 13.2. The molecule has 2 rings (SSSR count). The molecule has 1 aromatic carbocycles. The summed E-state index contributed by atoms with van der Waals surface area (Å²) in [6, 6.07) is 2.30. The highest BCUT2D eigenvalue weighted by atomic mass is 32.2. The van der Waals surface area contributed by atoms with Gasteiger partial charge >= 0.3 is 0 Å². The summed E-state index contributed by atoms with van der Waals surface area (Å²) >= 11 is 0. The normalized spacial score (nSPS) is 16.2. The van der Waals surface area contributed by atoms with Crippen LogP contribution in [0, 0.1) is 10.1 Å². The van der Waals surface area contributed by atoms with E-state index in [1.807, 2.05) is 0 Å². The summed E-state index contributed by atoms with van der Waals surface area (Å²) < 4.78 is 30.7. The number of rotatable bonds is 6. The molecule has 0 aliphatic heterocycles. The predicted octanol–water partition coefficient (Wildman–Crippen LogP) is 3.07. The number of nitrogens with two attached hydrogens (primary N) is 1. The van der Waals surface area contributed by atoms with Crippen molar-refractivity contribution < 1.29 is 18.1 Å². The molecule has 23 heavy (non-hydrogen) atoms. The Balaban J connectivity index is 2.46. The second-order valence-electron chi connectivity index (χ2n) is 5.81. The number of ether oxygens (including phenoxy) is 1. The lowest BCUT2D eigenvalue weighted by Gasteiger charge is -2.24. The maximum Gasteiger partial charge on any atom is 0.295 e. The Kier molecular flexibility index (Phi) is 5.46. The molecule has 1 aromatic rings. The summed E-state index contributed by atoms with van der Waals surface area (Å²) in [6.45, 7) is 1.76. The van der Waals surface area contributed by atoms with Crippen molar-refractivity contribution >= 4 is 21.2 Å². The van der Waals surface area contributed by atoms with Crippen molar-refractivity contribution in [3.63, 3.8) is 0 Å². The van der Waals surface area contributed by atoms with Crippen molar-refractivity contribution in [3.05, 3.63) is 22.2 Å². The van der Waals surface area contributed by atoms with Crippen molar-refractivity contribution in [2.24, 2.45) is 0 Å². The molecular weight excluding hydrogens is 320 g/mol. The predicted molar refractivity (Wildman–Crippen MR) is 87.4 cm³/mol. The Hall–Kier alpha value is -1.83. The van der Waals surface area contributed by atoms with Crippen LogP contribution in [-0.2, 0) is 9.84 Å². The van der Waals surface area contributed by atoms with Gasteiger partial charge in [-0.05, 0) is 38.2 Å². The number of anilines is 1. The van der Waals surface area contributed by atoms with E-state index in [9.17, 15) is 18.5 Å². The van der Waals surface area contributed by atoms with Gasteiger partial charge in [0.15, 0.2) is 9.84 Å². The molecule has 0 atom stereocenters. The van der Waals surface area contributed by atoms with Crippen LogP contribution in [0.25, 0.3) is 0 Å².